The summed E-state index contributed by atoms with van der Waals surface area (Å²) in [6.07, 6.45) is 6.90. The topological polar surface area (TPSA) is 32.3 Å². The summed E-state index contributed by atoms with van der Waals surface area (Å²) in [5.74, 6) is -0.609. The van der Waals surface area contributed by atoms with E-state index >= 15 is 0 Å². The summed E-state index contributed by atoms with van der Waals surface area (Å²) >= 11 is 0. The first-order chi connectivity index (χ1) is 13.6. The van der Waals surface area contributed by atoms with Gasteiger partial charge in [-0.15, -0.1) is 0 Å². The molecule has 0 unspecified atom stereocenters. The molecule has 0 spiro atoms. The summed E-state index contributed by atoms with van der Waals surface area (Å²) in [6.45, 7) is 3.38. The average molecular weight is 381 g/mol. The molecule has 148 valence electrons. The zero-order valence-corrected chi connectivity index (χ0v) is 16.6. The molecule has 0 aromatic heterocycles. The van der Waals surface area contributed by atoms with Crippen LogP contribution in [-0.4, -0.2) is 23.4 Å². The van der Waals surface area contributed by atoms with Crippen molar-refractivity contribution in [2.24, 2.45) is 0 Å². The largest absolute Gasteiger partial charge is 0.332 e. The van der Waals surface area contributed by atoms with Gasteiger partial charge in [-0.3, -0.25) is 4.79 Å². The van der Waals surface area contributed by atoms with Gasteiger partial charge in [-0.1, -0.05) is 42.8 Å². The van der Waals surface area contributed by atoms with Crippen LogP contribution in [0.25, 0.3) is 0 Å². The van der Waals surface area contributed by atoms with E-state index < -0.39 is 5.82 Å². The Hall–Kier alpha value is -2.20. The van der Waals surface area contributed by atoms with E-state index in [0.29, 0.717) is 18.2 Å². The Kier molecular flexibility index (Phi) is 5.77. The predicted molar refractivity (Wildman–Crippen MR) is 110 cm³/mol. The third-order valence-corrected chi connectivity index (χ3v) is 6.26. The van der Waals surface area contributed by atoms with E-state index in [0.717, 1.165) is 31.4 Å². The molecule has 0 radical (unpaired) electrons. The molecule has 2 aromatic carbocycles. The van der Waals surface area contributed by atoms with Crippen LogP contribution in [0, 0.1) is 12.7 Å². The fourth-order valence-corrected chi connectivity index (χ4v) is 4.30. The Bertz CT molecular complexity index is 809. The molecule has 4 rings (SSSR count). The Morgan fingerprint density at radius 3 is 2.54 bits per heavy atom. The number of hydrogen-bond acceptors (Lipinski definition) is 2. The number of rotatable bonds is 5. The number of hydrogen-bond donors (Lipinski definition) is 1. The van der Waals surface area contributed by atoms with Gasteiger partial charge in [0, 0.05) is 19.1 Å². The van der Waals surface area contributed by atoms with Crippen molar-refractivity contribution in [1.29, 1.82) is 0 Å². The smallest absolute Gasteiger partial charge is 0.257 e. The van der Waals surface area contributed by atoms with E-state index in [-0.39, 0.29) is 17.5 Å². The summed E-state index contributed by atoms with van der Waals surface area (Å²) in [5.41, 5.74) is 3.34. The van der Waals surface area contributed by atoms with Crippen molar-refractivity contribution in [2.75, 3.05) is 6.54 Å². The molecular formula is C24H29FN2O. The van der Waals surface area contributed by atoms with Gasteiger partial charge in [-0.2, -0.15) is 0 Å². The molecule has 1 aliphatic heterocycles. The van der Waals surface area contributed by atoms with Crippen LogP contribution in [0.4, 0.5) is 4.39 Å². The Morgan fingerprint density at radius 1 is 1.07 bits per heavy atom. The quantitative estimate of drug-likeness (QED) is 0.779. The molecule has 2 fully saturated rings. The number of piperidine rings is 1. The van der Waals surface area contributed by atoms with Crippen LogP contribution in [-0.2, 0) is 6.54 Å². The molecule has 28 heavy (non-hydrogen) atoms. The highest BCUT2D eigenvalue weighted by atomic mass is 19.1. The Morgan fingerprint density at radius 2 is 1.86 bits per heavy atom. The Balaban J connectivity index is 1.51. The van der Waals surface area contributed by atoms with Crippen molar-refractivity contribution in [1.82, 2.24) is 10.2 Å². The lowest BCUT2D eigenvalue weighted by molar-refractivity contribution is 0.0606. The summed E-state index contributed by atoms with van der Waals surface area (Å²) in [7, 11) is 0. The SMILES string of the molecule is Cc1cccc(F)c1C(=O)N1CCCC[C@@H]1c1ccc(CNC2CCC2)cc1. The summed E-state index contributed by atoms with van der Waals surface area (Å²) in [4.78, 5) is 15.1. The molecule has 1 heterocycles. The van der Waals surface area contributed by atoms with E-state index in [1.807, 2.05) is 4.90 Å². The van der Waals surface area contributed by atoms with E-state index in [1.165, 1.54) is 30.9 Å². The lowest BCUT2D eigenvalue weighted by Gasteiger charge is -2.36. The lowest BCUT2D eigenvalue weighted by Crippen LogP contribution is -2.39. The molecule has 1 saturated heterocycles. The van der Waals surface area contributed by atoms with Crippen molar-refractivity contribution in [3.8, 4) is 0 Å². The first kappa shape index (κ1) is 19.1. The first-order valence-electron chi connectivity index (χ1n) is 10.5. The maximum absolute atomic E-state index is 14.4. The number of amides is 1. The van der Waals surface area contributed by atoms with E-state index in [1.54, 1.807) is 19.1 Å². The highest BCUT2D eigenvalue weighted by Gasteiger charge is 2.30. The van der Waals surface area contributed by atoms with Crippen LogP contribution in [0.5, 0.6) is 0 Å². The highest BCUT2D eigenvalue weighted by Crippen LogP contribution is 2.33. The predicted octanol–water partition coefficient (Wildman–Crippen LogP) is 5.14. The van der Waals surface area contributed by atoms with Crippen molar-refractivity contribution in [2.45, 2.75) is 64.1 Å². The number of carbonyl (C=O) groups excluding carboxylic acids is 1. The van der Waals surface area contributed by atoms with E-state index in [2.05, 4.69) is 29.6 Å². The van der Waals surface area contributed by atoms with Gasteiger partial charge < -0.3 is 10.2 Å². The van der Waals surface area contributed by atoms with Crippen LogP contribution in [0.1, 0.15) is 71.6 Å². The maximum Gasteiger partial charge on any atom is 0.257 e. The van der Waals surface area contributed by atoms with Crippen molar-refractivity contribution >= 4 is 5.91 Å². The number of nitrogens with one attached hydrogen (secondary N) is 1. The van der Waals surface area contributed by atoms with Crippen molar-refractivity contribution < 1.29 is 9.18 Å². The van der Waals surface area contributed by atoms with Crippen LogP contribution in [0.2, 0.25) is 0 Å². The third kappa shape index (κ3) is 3.97. The fraction of sp³-hybridized carbons (Fsp3) is 0.458. The molecule has 2 aliphatic rings. The second-order valence-electron chi connectivity index (χ2n) is 8.19. The molecule has 0 bridgehead atoms. The number of nitrogens with zero attached hydrogens (tertiary/aromatic N) is 1. The molecule has 1 N–H and O–H groups in total. The lowest BCUT2D eigenvalue weighted by atomic mass is 9.92. The highest BCUT2D eigenvalue weighted by molar-refractivity contribution is 5.96. The monoisotopic (exact) mass is 380 g/mol. The molecule has 4 heteroatoms. The standard InChI is InChI=1S/C24H29FN2O/c1-17-6-4-9-21(25)23(17)24(28)27-15-3-2-10-22(27)19-13-11-18(12-14-19)16-26-20-7-5-8-20/h4,6,9,11-14,20,22,26H,2-3,5,7-8,10,15-16H2,1H3/t22-/m1/s1. The summed E-state index contributed by atoms with van der Waals surface area (Å²) in [5, 5.41) is 3.59. The van der Waals surface area contributed by atoms with Crippen LogP contribution in [0.3, 0.4) is 0 Å². The molecule has 3 nitrogen and oxygen atoms in total. The van der Waals surface area contributed by atoms with Crippen molar-refractivity contribution in [3.63, 3.8) is 0 Å². The minimum atomic E-state index is -0.424. The van der Waals surface area contributed by atoms with Gasteiger partial charge in [-0.25, -0.2) is 4.39 Å². The minimum absolute atomic E-state index is 0.0221. The number of likely N-dealkylation sites (tertiary alicyclic amines) is 1. The minimum Gasteiger partial charge on any atom is -0.332 e. The number of halogens is 1. The second kappa shape index (κ2) is 8.44. The zero-order chi connectivity index (χ0) is 19.5. The van der Waals surface area contributed by atoms with E-state index in [4.69, 9.17) is 0 Å². The third-order valence-electron chi connectivity index (χ3n) is 6.26. The fourth-order valence-electron chi connectivity index (χ4n) is 4.30. The van der Waals surface area contributed by atoms with Crippen molar-refractivity contribution in [3.05, 3.63) is 70.5 Å². The maximum atomic E-state index is 14.4. The second-order valence-corrected chi connectivity index (χ2v) is 8.19. The number of benzene rings is 2. The van der Waals surface area contributed by atoms with Crippen LogP contribution < -0.4 is 5.32 Å². The molecule has 1 saturated carbocycles. The van der Waals surface area contributed by atoms with Gasteiger partial charge in [0.2, 0.25) is 0 Å². The Labute approximate surface area is 166 Å². The molecular weight excluding hydrogens is 351 g/mol. The molecule has 2 aromatic rings. The average Bonchev–Trinajstić information content (AvgIpc) is 2.67. The van der Waals surface area contributed by atoms with Crippen LogP contribution >= 0.6 is 0 Å². The zero-order valence-electron chi connectivity index (χ0n) is 16.6. The normalized spacial score (nSPS) is 20.1. The van der Waals surface area contributed by atoms with Gasteiger partial charge in [0.15, 0.2) is 0 Å². The number of aryl methyl sites for hydroxylation is 1. The van der Waals surface area contributed by atoms with Crippen LogP contribution in [0.15, 0.2) is 42.5 Å². The molecule has 1 amide bonds. The van der Waals surface area contributed by atoms with Gasteiger partial charge in [-0.05, 0) is 61.8 Å². The summed E-state index contributed by atoms with van der Waals surface area (Å²) in [6, 6.07) is 14.1. The molecule has 1 atom stereocenters. The summed E-state index contributed by atoms with van der Waals surface area (Å²) < 4.78 is 14.4. The van der Waals surface area contributed by atoms with Gasteiger partial charge in [0.1, 0.15) is 5.82 Å². The molecule has 1 aliphatic carbocycles. The van der Waals surface area contributed by atoms with Gasteiger partial charge >= 0.3 is 0 Å². The van der Waals surface area contributed by atoms with Gasteiger partial charge in [0.25, 0.3) is 5.91 Å². The first-order valence-corrected chi connectivity index (χ1v) is 10.5. The van der Waals surface area contributed by atoms with Gasteiger partial charge in [0.05, 0.1) is 11.6 Å². The van der Waals surface area contributed by atoms with E-state index in [9.17, 15) is 9.18 Å². The number of carbonyl (C=O) groups is 1.